The fourth-order valence-electron chi connectivity index (χ4n) is 3.09. The number of benzene rings is 2. The molecule has 1 heterocycles. The van der Waals surface area contributed by atoms with Crippen molar-refractivity contribution in [3.05, 3.63) is 91.5 Å². The van der Waals surface area contributed by atoms with E-state index in [2.05, 4.69) is 9.72 Å². The molecule has 2 aromatic carbocycles. The monoisotopic (exact) mass is 539 g/mol. The highest BCUT2D eigenvalue weighted by Gasteiger charge is 2.32. The molecule has 0 fully saturated rings. The number of ether oxygens (including phenoxy) is 1. The van der Waals surface area contributed by atoms with Crippen LogP contribution in [0.2, 0.25) is 20.1 Å². The van der Waals surface area contributed by atoms with Gasteiger partial charge in [-0.25, -0.2) is 9.88 Å². The van der Waals surface area contributed by atoms with Crippen molar-refractivity contribution in [3.63, 3.8) is 0 Å². The summed E-state index contributed by atoms with van der Waals surface area (Å²) < 4.78 is 4.62. The predicted molar refractivity (Wildman–Crippen MR) is 132 cm³/mol. The Morgan fingerprint density at radius 3 is 1.74 bits per heavy atom. The van der Waals surface area contributed by atoms with Crippen molar-refractivity contribution in [2.75, 3.05) is 12.0 Å². The summed E-state index contributed by atoms with van der Waals surface area (Å²) in [7, 11) is 1.23. The fourth-order valence-corrected chi connectivity index (χ4v) is 4.20. The molecule has 1 unspecified atom stereocenters. The Bertz CT molecular complexity index is 1150. The lowest BCUT2D eigenvalue weighted by Gasteiger charge is -2.22. The van der Waals surface area contributed by atoms with E-state index in [1.807, 2.05) is 0 Å². The number of nitrogens with zero attached hydrogens (tertiary/aromatic N) is 2. The summed E-state index contributed by atoms with van der Waals surface area (Å²) in [6.07, 6.45) is 1.52. The van der Waals surface area contributed by atoms with Gasteiger partial charge in [0.1, 0.15) is 11.9 Å². The van der Waals surface area contributed by atoms with E-state index >= 15 is 0 Å². The quantitative estimate of drug-likeness (QED) is 0.339. The maximum Gasteiger partial charge on any atom is 0.322 e. The van der Waals surface area contributed by atoms with Gasteiger partial charge in [0.25, 0.3) is 11.8 Å². The largest absolute Gasteiger partial charge is 0.468 e. The number of amides is 2. The number of carbonyl (C=O) groups is 3. The Labute approximate surface area is 215 Å². The van der Waals surface area contributed by atoms with Crippen LogP contribution in [-0.2, 0) is 16.0 Å². The number of pyridine rings is 1. The van der Waals surface area contributed by atoms with Crippen LogP contribution in [0.3, 0.4) is 0 Å². The van der Waals surface area contributed by atoms with Gasteiger partial charge in [0.05, 0.1) is 38.3 Å². The number of hydrogen-bond donors (Lipinski definition) is 1. The van der Waals surface area contributed by atoms with E-state index in [-0.39, 0.29) is 43.5 Å². The summed E-state index contributed by atoms with van der Waals surface area (Å²) >= 11 is 24.9. The molecule has 0 saturated heterocycles. The zero-order chi connectivity index (χ0) is 25.0. The third-order valence-electron chi connectivity index (χ3n) is 4.76. The first-order chi connectivity index (χ1) is 16.1. The first-order valence-corrected chi connectivity index (χ1v) is 11.2. The predicted octanol–water partition coefficient (Wildman–Crippen LogP) is 5.23. The van der Waals surface area contributed by atoms with Gasteiger partial charge in [-0.05, 0) is 42.3 Å². The molecule has 1 aromatic heterocycles. The number of esters is 1. The van der Waals surface area contributed by atoms with Gasteiger partial charge in [-0.15, -0.1) is 0 Å². The molecule has 3 rings (SSSR count). The minimum atomic E-state index is -0.902. The minimum Gasteiger partial charge on any atom is -0.468 e. The third kappa shape index (κ3) is 5.51. The number of halogens is 4. The van der Waals surface area contributed by atoms with Crippen molar-refractivity contribution in [2.24, 2.45) is 5.73 Å². The SMILES string of the molecule is COC(=O)C(N)Cc1ccc(N(C(=O)c2c(Cl)cccc2Cl)C(=O)c2c(Cl)cccc2Cl)nc1. The topological polar surface area (TPSA) is 103 Å². The van der Waals surface area contributed by atoms with Crippen LogP contribution in [0.15, 0.2) is 54.7 Å². The van der Waals surface area contributed by atoms with Crippen molar-refractivity contribution in [1.82, 2.24) is 4.98 Å². The molecule has 0 spiro atoms. The number of nitrogens with two attached hydrogens (primary N) is 1. The zero-order valence-corrected chi connectivity index (χ0v) is 20.6. The molecule has 0 saturated carbocycles. The van der Waals surface area contributed by atoms with Gasteiger partial charge in [0, 0.05) is 6.20 Å². The van der Waals surface area contributed by atoms with Crippen molar-refractivity contribution < 1.29 is 19.1 Å². The Morgan fingerprint density at radius 2 is 1.35 bits per heavy atom. The molecule has 2 N–H and O–H groups in total. The van der Waals surface area contributed by atoms with Gasteiger partial charge >= 0.3 is 5.97 Å². The number of rotatable bonds is 6. The van der Waals surface area contributed by atoms with E-state index < -0.39 is 23.8 Å². The maximum absolute atomic E-state index is 13.5. The highest BCUT2D eigenvalue weighted by atomic mass is 35.5. The van der Waals surface area contributed by atoms with Crippen LogP contribution in [0.1, 0.15) is 26.3 Å². The average molecular weight is 541 g/mol. The highest BCUT2D eigenvalue weighted by molar-refractivity contribution is 6.45. The Morgan fingerprint density at radius 1 is 0.882 bits per heavy atom. The first-order valence-electron chi connectivity index (χ1n) is 9.70. The normalized spacial score (nSPS) is 11.6. The van der Waals surface area contributed by atoms with Crippen LogP contribution in [0, 0.1) is 0 Å². The second-order valence-electron chi connectivity index (χ2n) is 7.00. The van der Waals surface area contributed by atoms with Crippen molar-refractivity contribution in [1.29, 1.82) is 0 Å². The molecule has 0 aliphatic heterocycles. The van der Waals surface area contributed by atoms with Gasteiger partial charge in [0.15, 0.2) is 0 Å². The Hall–Kier alpha value is -2.68. The molecule has 2 amide bonds. The third-order valence-corrected chi connectivity index (χ3v) is 6.02. The molecule has 1 atom stereocenters. The molecular formula is C23H17Cl4N3O4. The molecular weight excluding hydrogens is 524 g/mol. The number of anilines is 1. The van der Waals surface area contributed by atoms with Crippen LogP contribution in [0.4, 0.5) is 5.82 Å². The highest BCUT2D eigenvalue weighted by Crippen LogP contribution is 2.31. The molecule has 0 radical (unpaired) electrons. The number of carbonyl (C=O) groups excluding carboxylic acids is 3. The summed E-state index contributed by atoms with van der Waals surface area (Å²) in [5.74, 6) is -2.29. The van der Waals surface area contributed by atoms with Gasteiger partial charge < -0.3 is 10.5 Å². The fraction of sp³-hybridized carbons (Fsp3) is 0.130. The van der Waals surface area contributed by atoms with E-state index in [4.69, 9.17) is 52.1 Å². The van der Waals surface area contributed by atoms with Crippen LogP contribution in [0.25, 0.3) is 0 Å². The van der Waals surface area contributed by atoms with E-state index in [1.54, 1.807) is 18.2 Å². The summed E-state index contributed by atoms with van der Waals surface area (Å²) in [6.45, 7) is 0. The van der Waals surface area contributed by atoms with Crippen LogP contribution < -0.4 is 10.6 Å². The zero-order valence-electron chi connectivity index (χ0n) is 17.6. The van der Waals surface area contributed by atoms with Gasteiger partial charge in [0.2, 0.25) is 0 Å². The molecule has 0 bridgehead atoms. The molecule has 176 valence electrons. The second-order valence-corrected chi connectivity index (χ2v) is 8.63. The molecule has 34 heavy (non-hydrogen) atoms. The molecule has 7 nitrogen and oxygen atoms in total. The number of methoxy groups -OCH3 is 1. The summed E-state index contributed by atoms with van der Waals surface area (Å²) in [5, 5.41) is 0.171. The van der Waals surface area contributed by atoms with Gasteiger partial charge in [-0.3, -0.25) is 14.4 Å². The number of aromatic nitrogens is 1. The van der Waals surface area contributed by atoms with Crippen LogP contribution in [-0.4, -0.2) is 35.9 Å². The molecule has 0 aliphatic rings. The van der Waals surface area contributed by atoms with Crippen molar-refractivity contribution in [2.45, 2.75) is 12.5 Å². The Balaban J connectivity index is 2.08. The lowest BCUT2D eigenvalue weighted by molar-refractivity contribution is -0.142. The van der Waals surface area contributed by atoms with E-state index in [1.165, 1.54) is 43.6 Å². The minimum absolute atomic E-state index is 0.0428. The summed E-state index contributed by atoms with van der Waals surface area (Å²) in [4.78, 5) is 43.7. The van der Waals surface area contributed by atoms with Gasteiger partial charge in [-0.2, -0.15) is 0 Å². The smallest absolute Gasteiger partial charge is 0.322 e. The van der Waals surface area contributed by atoms with E-state index in [0.29, 0.717) is 5.56 Å². The maximum atomic E-state index is 13.5. The standard InChI is InChI=1S/C23H17Cl4N3O4/c1-34-23(33)17(28)10-12-8-9-18(29-11-12)30(21(31)19-13(24)4-2-5-14(19)25)22(32)20-15(26)6-3-7-16(20)27/h2-9,11,17H,10,28H2,1H3. The van der Waals surface area contributed by atoms with Crippen molar-refractivity contribution in [3.8, 4) is 0 Å². The molecule has 11 heteroatoms. The number of imide groups is 1. The van der Waals surface area contributed by atoms with E-state index in [9.17, 15) is 14.4 Å². The second kappa shape index (κ2) is 11.2. The van der Waals surface area contributed by atoms with Crippen molar-refractivity contribution >= 4 is 70.0 Å². The first kappa shape index (κ1) is 25.9. The van der Waals surface area contributed by atoms with Gasteiger partial charge in [-0.1, -0.05) is 64.6 Å². The summed E-state index contributed by atoms with van der Waals surface area (Å²) in [6, 6.07) is 11.1. The molecule has 0 aliphatic carbocycles. The average Bonchev–Trinajstić information content (AvgIpc) is 2.79. The lowest BCUT2D eigenvalue weighted by atomic mass is 10.1. The number of hydrogen-bond acceptors (Lipinski definition) is 6. The Kier molecular flexibility index (Phi) is 8.52. The van der Waals surface area contributed by atoms with E-state index in [0.717, 1.165) is 4.90 Å². The lowest BCUT2D eigenvalue weighted by Crippen LogP contribution is -2.38. The van der Waals surface area contributed by atoms with Crippen LogP contribution >= 0.6 is 46.4 Å². The van der Waals surface area contributed by atoms with Crippen LogP contribution in [0.5, 0.6) is 0 Å². The summed E-state index contributed by atoms with van der Waals surface area (Å²) in [5.41, 5.74) is 6.18. The molecule has 3 aromatic rings.